The van der Waals surface area contributed by atoms with Gasteiger partial charge >= 0.3 is 0 Å². The fraction of sp³-hybridized carbons (Fsp3) is 0.217. The van der Waals surface area contributed by atoms with Crippen LogP contribution in [0.3, 0.4) is 0 Å². The van der Waals surface area contributed by atoms with Crippen LogP contribution in [0.1, 0.15) is 54.1 Å². The third-order valence-electron chi connectivity index (χ3n) is 10.2. The molecule has 9 aromatic rings. The Bertz CT molecular complexity index is 2590. The molecule has 13 heteroatoms. The summed E-state index contributed by atoms with van der Waals surface area (Å²) >= 11 is 18.0. The monoisotopic (exact) mass is 842 g/mol. The first kappa shape index (κ1) is 41.5. The van der Waals surface area contributed by atoms with Gasteiger partial charge in [0.25, 0.3) is 0 Å². The van der Waals surface area contributed by atoms with Crippen LogP contribution >= 0.6 is 34.8 Å². The van der Waals surface area contributed by atoms with Crippen LogP contribution in [-0.4, -0.2) is 69.0 Å². The SMILES string of the molecule is CNCCC(c1ccccc1)n1ccc2cncnc21.ClCCC(c1ccccc1)n1ccc2c(Cl)ncnc21.ClCCC(c1ccccc1)n1ccc2cncnc21. The van der Waals surface area contributed by atoms with E-state index in [-0.39, 0.29) is 18.1 Å². The molecule has 0 saturated carbocycles. The maximum Gasteiger partial charge on any atom is 0.145 e. The van der Waals surface area contributed by atoms with Crippen molar-refractivity contribution in [3.63, 3.8) is 0 Å². The van der Waals surface area contributed by atoms with Crippen LogP contribution in [-0.2, 0) is 0 Å². The predicted octanol–water partition coefficient (Wildman–Crippen LogP) is 10.6. The van der Waals surface area contributed by atoms with Gasteiger partial charge in [-0.1, -0.05) is 103 Å². The molecular weight excluding hydrogens is 799 g/mol. The molecule has 6 aromatic heterocycles. The summed E-state index contributed by atoms with van der Waals surface area (Å²) in [5, 5.41) is 6.71. The molecule has 0 aliphatic heterocycles. The third kappa shape index (κ3) is 9.97. The Morgan fingerprint density at radius 1 is 0.508 bits per heavy atom. The molecule has 0 aliphatic rings. The number of hydrogen-bond acceptors (Lipinski definition) is 7. The minimum Gasteiger partial charge on any atom is -0.325 e. The molecule has 10 nitrogen and oxygen atoms in total. The zero-order valence-corrected chi connectivity index (χ0v) is 34.9. The fourth-order valence-corrected chi connectivity index (χ4v) is 8.01. The number of fused-ring (bicyclic) bond motifs is 3. The highest BCUT2D eigenvalue weighted by Crippen LogP contribution is 2.30. The first-order valence-corrected chi connectivity index (χ1v) is 21.0. The minimum absolute atomic E-state index is 0.150. The lowest BCUT2D eigenvalue weighted by Gasteiger charge is -2.20. The molecule has 300 valence electrons. The van der Waals surface area contributed by atoms with E-state index in [1.54, 1.807) is 12.7 Å². The number of hydrogen-bond donors (Lipinski definition) is 1. The summed E-state index contributed by atoms with van der Waals surface area (Å²) in [6.45, 7) is 0.963. The van der Waals surface area contributed by atoms with Crippen LogP contribution in [0.15, 0.2) is 159 Å². The summed E-state index contributed by atoms with van der Waals surface area (Å²) < 4.78 is 6.53. The predicted molar refractivity (Wildman–Crippen MR) is 241 cm³/mol. The van der Waals surface area contributed by atoms with Gasteiger partial charge in [-0.05, 0) is 67.7 Å². The van der Waals surface area contributed by atoms with Gasteiger partial charge in [-0.3, -0.25) is 0 Å². The van der Waals surface area contributed by atoms with Gasteiger partial charge in [-0.25, -0.2) is 29.9 Å². The maximum absolute atomic E-state index is 6.11. The van der Waals surface area contributed by atoms with Crippen molar-refractivity contribution in [1.82, 2.24) is 48.9 Å². The summed E-state index contributed by atoms with van der Waals surface area (Å²) in [4.78, 5) is 25.3. The molecule has 0 amide bonds. The van der Waals surface area contributed by atoms with E-state index in [1.807, 2.05) is 62.0 Å². The summed E-state index contributed by atoms with van der Waals surface area (Å²) in [6, 6.07) is 38.0. The summed E-state index contributed by atoms with van der Waals surface area (Å²) in [6.07, 6.45) is 17.3. The highest BCUT2D eigenvalue weighted by Gasteiger charge is 2.18. The van der Waals surface area contributed by atoms with Crippen LogP contribution in [0.25, 0.3) is 33.1 Å². The zero-order chi connectivity index (χ0) is 40.8. The smallest absolute Gasteiger partial charge is 0.145 e. The number of nitrogens with zero attached hydrogens (tertiary/aromatic N) is 9. The van der Waals surface area contributed by atoms with Crippen molar-refractivity contribution in [2.45, 2.75) is 37.4 Å². The topological polar surface area (TPSA) is 104 Å². The lowest BCUT2D eigenvalue weighted by atomic mass is 10.0. The number of halogens is 3. The Morgan fingerprint density at radius 2 is 0.932 bits per heavy atom. The molecule has 0 fully saturated rings. The summed E-state index contributed by atoms with van der Waals surface area (Å²) in [5.41, 5.74) is 6.54. The number of rotatable bonds is 13. The highest BCUT2D eigenvalue weighted by atomic mass is 35.5. The van der Waals surface area contributed by atoms with Crippen molar-refractivity contribution < 1.29 is 0 Å². The second-order valence-corrected chi connectivity index (χ2v) is 14.9. The molecule has 3 aromatic carbocycles. The third-order valence-corrected chi connectivity index (χ3v) is 10.9. The minimum atomic E-state index is 0.150. The summed E-state index contributed by atoms with van der Waals surface area (Å²) in [7, 11) is 1.98. The van der Waals surface area contributed by atoms with Gasteiger partial charge in [0.15, 0.2) is 0 Å². The van der Waals surface area contributed by atoms with E-state index in [0.717, 1.165) is 58.9 Å². The molecule has 3 atom stereocenters. The van der Waals surface area contributed by atoms with Gasteiger partial charge in [0, 0.05) is 53.5 Å². The second kappa shape index (κ2) is 20.9. The lowest BCUT2D eigenvalue weighted by Crippen LogP contribution is -2.17. The van der Waals surface area contributed by atoms with Gasteiger partial charge in [-0.15, -0.1) is 23.2 Å². The van der Waals surface area contributed by atoms with Crippen molar-refractivity contribution in [3.05, 3.63) is 181 Å². The maximum atomic E-state index is 6.11. The first-order chi connectivity index (χ1) is 29.1. The van der Waals surface area contributed by atoms with Crippen molar-refractivity contribution >= 4 is 67.9 Å². The average molecular weight is 844 g/mol. The largest absolute Gasteiger partial charge is 0.325 e. The molecular formula is C46H45Cl3N10. The van der Waals surface area contributed by atoms with Crippen LogP contribution < -0.4 is 5.32 Å². The fourth-order valence-electron chi connectivity index (χ4n) is 7.40. The highest BCUT2D eigenvalue weighted by molar-refractivity contribution is 6.33. The molecule has 0 aliphatic carbocycles. The van der Waals surface area contributed by atoms with Crippen molar-refractivity contribution in [3.8, 4) is 0 Å². The van der Waals surface area contributed by atoms with E-state index in [1.165, 1.54) is 23.0 Å². The lowest BCUT2D eigenvalue weighted by molar-refractivity contribution is 0.536. The van der Waals surface area contributed by atoms with Gasteiger partial charge in [0.1, 0.15) is 41.1 Å². The molecule has 0 saturated heterocycles. The van der Waals surface area contributed by atoms with Crippen molar-refractivity contribution in [1.29, 1.82) is 0 Å². The Hall–Kier alpha value is -5.65. The van der Waals surface area contributed by atoms with Crippen LogP contribution in [0.5, 0.6) is 0 Å². The number of aromatic nitrogens is 9. The number of nitrogens with one attached hydrogen (secondary N) is 1. The van der Waals surface area contributed by atoms with Gasteiger partial charge in [0.2, 0.25) is 0 Å². The van der Waals surface area contributed by atoms with Crippen LogP contribution in [0.2, 0.25) is 5.15 Å². The first-order valence-electron chi connectivity index (χ1n) is 19.5. The normalized spacial score (nSPS) is 12.7. The molecule has 59 heavy (non-hydrogen) atoms. The quantitative estimate of drug-likeness (QED) is 0.0910. The van der Waals surface area contributed by atoms with E-state index in [4.69, 9.17) is 34.8 Å². The molecule has 0 bridgehead atoms. The zero-order valence-electron chi connectivity index (χ0n) is 32.6. The molecule has 1 N–H and O–H groups in total. The molecule has 3 unspecified atom stereocenters. The van der Waals surface area contributed by atoms with Gasteiger partial charge < -0.3 is 19.0 Å². The van der Waals surface area contributed by atoms with E-state index < -0.39 is 0 Å². The number of alkyl halides is 2. The average Bonchev–Trinajstić information content (AvgIpc) is 4.05. The Morgan fingerprint density at radius 3 is 1.39 bits per heavy atom. The van der Waals surface area contributed by atoms with E-state index >= 15 is 0 Å². The second-order valence-electron chi connectivity index (χ2n) is 13.8. The molecule has 9 rings (SSSR count). The Labute approximate surface area is 358 Å². The Kier molecular flexibility index (Phi) is 14.7. The van der Waals surface area contributed by atoms with Crippen molar-refractivity contribution in [2.75, 3.05) is 25.4 Å². The van der Waals surface area contributed by atoms with E-state index in [2.05, 4.69) is 134 Å². The Balaban J connectivity index is 0.000000134. The molecule has 0 radical (unpaired) electrons. The van der Waals surface area contributed by atoms with Gasteiger partial charge in [0.05, 0.1) is 23.5 Å². The van der Waals surface area contributed by atoms with Crippen LogP contribution in [0.4, 0.5) is 0 Å². The summed E-state index contributed by atoms with van der Waals surface area (Å²) in [5.74, 6) is 1.20. The number of benzene rings is 3. The van der Waals surface area contributed by atoms with E-state index in [9.17, 15) is 0 Å². The van der Waals surface area contributed by atoms with Crippen molar-refractivity contribution in [2.24, 2.45) is 0 Å². The molecule has 0 spiro atoms. The molecule has 6 heterocycles. The standard InChI is InChI=1S/C16H18N4.C15H13Cl2N3.C15H14ClN3/c1-17-9-7-15(13-5-3-2-4-6-13)20-10-8-14-11-18-12-19-16(14)20;16-8-6-13(11-4-2-1-3-5-11)20-9-7-12-14(17)18-10-19-15(12)20;16-8-6-14(12-4-2-1-3-5-12)19-9-7-13-10-17-11-18-15(13)19/h2-6,8,10-12,15,17H,7,9H2,1H3;1-5,7,9-10,13H,6,8H2;1-5,7,9-11,14H,6,8H2. The van der Waals surface area contributed by atoms with Crippen LogP contribution in [0, 0.1) is 0 Å². The van der Waals surface area contributed by atoms with Gasteiger partial charge in [-0.2, -0.15) is 0 Å². The van der Waals surface area contributed by atoms with E-state index in [0.29, 0.717) is 16.9 Å².